The van der Waals surface area contributed by atoms with Gasteiger partial charge in [0, 0.05) is 49.9 Å². The summed E-state index contributed by atoms with van der Waals surface area (Å²) in [5.74, 6) is 0.499. The van der Waals surface area contributed by atoms with Crippen molar-refractivity contribution in [2.75, 3.05) is 47.6 Å². The van der Waals surface area contributed by atoms with Crippen LogP contribution in [0.4, 0.5) is 36.6 Å². The Hall–Kier alpha value is -3.26. The molecule has 0 amide bonds. The lowest BCUT2D eigenvalue weighted by atomic mass is 9.94. The van der Waals surface area contributed by atoms with E-state index in [0.717, 1.165) is 10.9 Å². The summed E-state index contributed by atoms with van der Waals surface area (Å²) in [6.07, 6.45) is 4.64. The van der Waals surface area contributed by atoms with Crippen LogP contribution < -0.4 is 15.1 Å². The maximum absolute atomic E-state index is 14.7. The lowest BCUT2D eigenvalue weighted by Gasteiger charge is -2.43. The van der Waals surface area contributed by atoms with E-state index in [1.807, 2.05) is 19.9 Å². The molecule has 10 nitrogen and oxygen atoms in total. The number of aliphatic hydroxyl groups excluding tert-OH is 1. The number of fused-ring (bicyclic) bond motifs is 1. The minimum atomic E-state index is -4.53. The van der Waals surface area contributed by atoms with Crippen LogP contribution in [-0.4, -0.2) is 82.9 Å². The van der Waals surface area contributed by atoms with Crippen molar-refractivity contribution in [2.45, 2.75) is 50.1 Å². The Bertz CT molecular complexity index is 1530. The van der Waals surface area contributed by atoms with Crippen molar-refractivity contribution in [3.05, 3.63) is 36.3 Å². The van der Waals surface area contributed by atoms with Crippen molar-refractivity contribution in [3.8, 4) is 0 Å². The first-order chi connectivity index (χ1) is 18.7. The Morgan fingerprint density at radius 2 is 1.85 bits per heavy atom. The molecular weight excluding hydrogens is 547 g/mol. The number of anilines is 4. The van der Waals surface area contributed by atoms with Crippen molar-refractivity contribution in [1.29, 1.82) is 0 Å². The summed E-state index contributed by atoms with van der Waals surface area (Å²) in [7, 11) is -4.53. The van der Waals surface area contributed by atoms with E-state index in [1.165, 1.54) is 6.92 Å². The second-order valence-electron chi connectivity index (χ2n) is 11.1. The van der Waals surface area contributed by atoms with E-state index < -0.39 is 32.8 Å². The fraction of sp³-hybridized carbons (Fsp3) is 0.538. The maximum atomic E-state index is 14.7. The van der Waals surface area contributed by atoms with Crippen LogP contribution in [0.5, 0.6) is 0 Å². The molecule has 0 aromatic carbocycles. The fourth-order valence-corrected chi connectivity index (χ4v) is 5.85. The minimum Gasteiger partial charge on any atom is -0.390 e. The van der Waals surface area contributed by atoms with Gasteiger partial charge in [0.15, 0.2) is 5.67 Å². The highest BCUT2D eigenvalue weighted by atomic mass is 32.2. The Labute approximate surface area is 230 Å². The predicted molar refractivity (Wildman–Crippen MR) is 147 cm³/mol. The van der Waals surface area contributed by atoms with Crippen LogP contribution in [0, 0.1) is 5.92 Å². The first kappa shape index (κ1) is 28.3. The van der Waals surface area contributed by atoms with Gasteiger partial charge in [-0.1, -0.05) is 13.8 Å². The zero-order valence-electron chi connectivity index (χ0n) is 22.6. The molecular formula is C26H32F3N7O3S. The molecule has 3 aromatic rings. The van der Waals surface area contributed by atoms with Crippen LogP contribution in [0.25, 0.3) is 10.8 Å². The average Bonchev–Trinajstić information content (AvgIpc) is 2.84. The van der Waals surface area contributed by atoms with Crippen LogP contribution in [0.3, 0.4) is 0 Å². The van der Waals surface area contributed by atoms with E-state index >= 15 is 0 Å². The number of rotatable bonds is 7. The number of aromatic nitrogens is 4. The van der Waals surface area contributed by atoms with Crippen LogP contribution in [0.15, 0.2) is 30.7 Å². The Morgan fingerprint density at radius 1 is 1.12 bits per heavy atom. The van der Waals surface area contributed by atoms with Crippen molar-refractivity contribution in [2.24, 2.45) is 5.92 Å². The summed E-state index contributed by atoms with van der Waals surface area (Å²) in [6, 6.07) is 3.49. The van der Waals surface area contributed by atoms with Crippen LogP contribution in [0.1, 0.15) is 38.7 Å². The number of piperidine rings is 1. The molecule has 5 rings (SSSR count). The van der Waals surface area contributed by atoms with Gasteiger partial charge in [-0.25, -0.2) is 27.8 Å². The normalized spacial score (nSPS) is 22.6. The third-order valence-corrected chi connectivity index (χ3v) is 8.93. The number of sulfone groups is 1. The molecule has 0 aliphatic carbocycles. The van der Waals surface area contributed by atoms with E-state index in [9.17, 15) is 26.7 Å². The number of pyridine rings is 2. The second kappa shape index (κ2) is 9.98. The topological polar surface area (TPSA) is 124 Å². The SMILES string of the molecule is CC(C)c1cnc(N2CC(C(F)(F)S(C)(=O)=O)C2)c2cnc(Nc3ccnc(N4CC[C@@H](O)[C@@](C)(F)C4)n3)cc12. The van der Waals surface area contributed by atoms with Gasteiger partial charge in [0.05, 0.1) is 18.6 Å². The van der Waals surface area contributed by atoms with Gasteiger partial charge in [0.2, 0.25) is 15.8 Å². The highest BCUT2D eigenvalue weighted by Gasteiger charge is 2.54. The molecule has 2 aliphatic heterocycles. The minimum absolute atomic E-state index is 0.0349. The molecule has 2 aliphatic rings. The fourth-order valence-electron chi connectivity index (χ4n) is 5.10. The lowest BCUT2D eigenvalue weighted by Crippen LogP contribution is -2.57. The molecule has 5 heterocycles. The molecule has 40 heavy (non-hydrogen) atoms. The highest BCUT2D eigenvalue weighted by molar-refractivity contribution is 7.91. The third kappa shape index (κ3) is 5.14. The van der Waals surface area contributed by atoms with Gasteiger partial charge >= 0.3 is 5.25 Å². The van der Waals surface area contributed by atoms with E-state index in [1.54, 1.807) is 34.5 Å². The molecule has 2 saturated heterocycles. The van der Waals surface area contributed by atoms with Crippen molar-refractivity contribution in [3.63, 3.8) is 0 Å². The van der Waals surface area contributed by atoms with Crippen molar-refractivity contribution < 1.29 is 26.7 Å². The molecule has 0 bridgehead atoms. The quantitative estimate of drug-likeness (QED) is 0.429. The summed E-state index contributed by atoms with van der Waals surface area (Å²) in [5.41, 5.74) is -0.846. The Balaban J connectivity index is 1.40. The van der Waals surface area contributed by atoms with Gasteiger partial charge in [-0.2, -0.15) is 13.8 Å². The van der Waals surface area contributed by atoms with Crippen LogP contribution in [0.2, 0.25) is 0 Å². The summed E-state index contributed by atoms with van der Waals surface area (Å²) in [5, 5.41) is 10.8. The monoisotopic (exact) mass is 579 g/mol. The first-order valence-electron chi connectivity index (χ1n) is 13.0. The number of halogens is 3. The predicted octanol–water partition coefficient (Wildman–Crippen LogP) is 3.66. The average molecular weight is 580 g/mol. The molecule has 3 aromatic heterocycles. The number of nitrogens with zero attached hydrogens (tertiary/aromatic N) is 6. The summed E-state index contributed by atoms with van der Waals surface area (Å²) in [4.78, 5) is 21.1. The van der Waals surface area contributed by atoms with E-state index in [4.69, 9.17) is 0 Å². The Morgan fingerprint density at radius 3 is 2.50 bits per heavy atom. The molecule has 2 fully saturated rings. The van der Waals surface area contributed by atoms with Crippen molar-refractivity contribution in [1.82, 2.24) is 19.9 Å². The molecule has 2 N–H and O–H groups in total. The van der Waals surface area contributed by atoms with Gasteiger partial charge in [0.25, 0.3) is 0 Å². The molecule has 0 unspecified atom stereocenters. The van der Waals surface area contributed by atoms with Gasteiger partial charge in [-0.15, -0.1) is 0 Å². The van der Waals surface area contributed by atoms with E-state index in [2.05, 4.69) is 25.3 Å². The molecule has 14 heteroatoms. The highest BCUT2D eigenvalue weighted by Crippen LogP contribution is 2.41. The molecule has 0 saturated carbocycles. The van der Waals surface area contributed by atoms with Gasteiger partial charge in [-0.05, 0) is 42.3 Å². The maximum Gasteiger partial charge on any atom is 0.351 e. The number of hydrogen-bond acceptors (Lipinski definition) is 10. The van der Waals surface area contributed by atoms with Crippen LogP contribution >= 0.6 is 0 Å². The number of aliphatic hydroxyl groups is 1. The molecule has 216 valence electrons. The molecule has 0 radical (unpaired) electrons. The van der Waals surface area contributed by atoms with Crippen molar-refractivity contribution >= 4 is 44.0 Å². The number of nitrogens with one attached hydrogen (secondary N) is 1. The molecule has 0 spiro atoms. The van der Waals surface area contributed by atoms with Gasteiger partial charge in [-0.3, -0.25) is 0 Å². The second-order valence-corrected chi connectivity index (χ2v) is 13.2. The lowest BCUT2D eigenvalue weighted by molar-refractivity contribution is -0.00860. The van der Waals surface area contributed by atoms with Gasteiger partial charge in [0.1, 0.15) is 17.5 Å². The zero-order chi connectivity index (χ0) is 29.0. The molecule has 2 atom stereocenters. The zero-order valence-corrected chi connectivity index (χ0v) is 23.5. The van der Waals surface area contributed by atoms with E-state index in [-0.39, 0.29) is 32.0 Å². The first-order valence-corrected chi connectivity index (χ1v) is 14.9. The third-order valence-electron chi connectivity index (χ3n) is 7.60. The Kier molecular flexibility index (Phi) is 7.06. The number of hydrogen-bond donors (Lipinski definition) is 2. The largest absolute Gasteiger partial charge is 0.390 e. The van der Waals surface area contributed by atoms with Crippen LogP contribution in [-0.2, 0) is 9.84 Å². The standard InChI is InChI=1S/C26H32F3N7O3S/c1-15(2)18-10-32-23(36-12-16(13-36)26(28,29)40(4,38)39)19-11-31-22(9-17(18)19)33-21-5-7-30-24(34-21)35-8-6-20(37)25(3,27)14-35/h5,7,9-11,15-16,20,37H,6,8,12-14H2,1-4H3,(H,30,31,33,34)/t20-,25+/m1/s1. The number of alkyl halides is 3. The van der Waals surface area contributed by atoms with Gasteiger partial charge < -0.3 is 20.2 Å². The summed E-state index contributed by atoms with van der Waals surface area (Å²) >= 11 is 0. The van der Waals surface area contributed by atoms with E-state index in [0.29, 0.717) is 41.6 Å². The smallest absolute Gasteiger partial charge is 0.351 e. The summed E-state index contributed by atoms with van der Waals surface area (Å²) < 4.78 is 66.5. The summed E-state index contributed by atoms with van der Waals surface area (Å²) in [6.45, 7) is 5.49.